The number of fused-ring (bicyclic) bond motifs is 1. The molecule has 0 saturated carbocycles. The summed E-state index contributed by atoms with van der Waals surface area (Å²) in [6, 6.07) is 7.11. The lowest BCUT2D eigenvalue weighted by Crippen LogP contribution is -2.02. The van der Waals surface area contributed by atoms with E-state index in [1.165, 1.54) is 16.5 Å². The van der Waals surface area contributed by atoms with E-state index >= 15 is 0 Å². The average Bonchev–Trinajstić information content (AvgIpc) is 2.56. The minimum atomic E-state index is 0.415. The van der Waals surface area contributed by atoms with Crippen molar-refractivity contribution in [1.29, 1.82) is 0 Å². The van der Waals surface area contributed by atoms with Gasteiger partial charge in [-0.1, -0.05) is 26.0 Å². The first-order valence-electron chi connectivity index (χ1n) is 5.99. The van der Waals surface area contributed by atoms with E-state index in [0.717, 1.165) is 5.69 Å². The topological polar surface area (TPSA) is 17.8 Å². The molecule has 0 aliphatic carbocycles. The molecule has 86 valence electrons. The summed E-state index contributed by atoms with van der Waals surface area (Å²) in [5.41, 5.74) is 3.77. The van der Waals surface area contributed by atoms with E-state index in [4.69, 9.17) is 0 Å². The van der Waals surface area contributed by atoms with Crippen molar-refractivity contribution in [1.82, 2.24) is 9.78 Å². The Morgan fingerprint density at radius 3 is 2.38 bits per heavy atom. The van der Waals surface area contributed by atoms with Crippen molar-refractivity contribution in [2.75, 3.05) is 0 Å². The first kappa shape index (κ1) is 11.2. The van der Waals surface area contributed by atoms with Crippen LogP contribution >= 0.6 is 0 Å². The number of rotatable bonds is 2. The van der Waals surface area contributed by atoms with E-state index in [9.17, 15) is 0 Å². The normalized spacial score (nSPS) is 11.9. The summed E-state index contributed by atoms with van der Waals surface area (Å²) >= 11 is 0. The van der Waals surface area contributed by atoms with Crippen LogP contribution in [-0.2, 0) is 0 Å². The second-order valence-corrected chi connectivity index (χ2v) is 5.06. The Kier molecular flexibility index (Phi) is 2.75. The van der Waals surface area contributed by atoms with E-state index in [2.05, 4.69) is 62.6 Å². The quantitative estimate of drug-likeness (QED) is 0.740. The number of aryl methyl sites for hydroxylation is 1. The van der Waals surface area contributed by atoms with Crippen LogP contribution in [0.2, 0.25) is 0 Å². The largest absolute Gasteiger partial charge is 0.262 e. The lowest BCUT2D eigenvalue weighted by molar-refractivity contribution is 0.546. The van der Waals surface area contributed by atoms with Crippen LogP contribution in [-0.4, -0.2) is 9.78 Å². The predicted octanol–water partition coefficient (Wildman–Crippen LogP) is 4.05. The molecule has 2 nitrogen and oxygen atoms in total. The number of nitrogens with zero attached hydrogens (tertiary/aromatic N) is 2. The summed E-state index contributed by atoms with van der Waals surface area (Å²) in [6.45, 7) is 10.9. The second kappa shape index (κ2) is 3.93. The average molecular weight is 216 g/mol. The van der Waals surface area contributed by atoms with Gasteiger partial charge in [-0.25, -0.2) is 0 Å². The standard InChI is InChI=1S/C14H20N2/c1-9(2)12-6-7-13-11(5)15-16(10(3)4)14(13)8-12/h6-10H,1-5H3. The van der Waals surface area contributed by atoms with Crippen LogP contribution in [0.1, 0.15) is 50.9 Å². The predicted molar refractivity (Wildman–Crippen MR) is 68.9 cm³/mol. The van der Waals surface area contributed by atoms with Gasteiger partial charge in [0.15, 0.2) is 0 Å². The summed E-state index contributed by atoms with van der Waals surface area (Å²) in [4.78, 5) is 0. The first-order valence-corrected chi connectivity index (χ1v) is 5.99. The highest BCUT2D eigenvalue weighted by Crippen LogP contribution is 2.25. The van der Waals surface area contributed by atoms with Gasteiger partial charge >= 0.3 is 0 Å². The molecule has 2 aromatic rings. The van der Waals surface area contributed by atoms with Crippen LogP contribution < -0.4 is 0 Å². The molecule has 0 N–H and O–H groups in total. The van der Waals surface area contributed by atoms with Crippen molar-refractivity contribution >= 4 is 10.9 Å². The van der Waals surface area contributed by atoms with Crippen molar-refractivity contribution < 1.29 is 0 Å². The summed E-state index contributed by atoms with van der Waals surface area (Å²) in [5.74, 6) is 0.570. The summed E-state index contributed by atoms with van der Waals surface area (Å²) in [6.07, 6.45) is 0. The number of benzene rings is 1. The monoisotopic (exact) mass is 216 g/mol. The van der Waals surface area contributed by atoms with Crippen molar-refractivity contribution in [3.63, 3.8) is 0 Å². The Balaban J connectivity index is 2.69. The van der Waals surface area contributed by atoms with Gasteiger partial charge < -0.3 is 0 Å². The van der Waals surface area contributed by atoms with Gasteiger partial charge in [0.1, 0.15) is 0 Å². The maximum Gasteiger partial charge on any atom is 0.0691 e. The maximum absolute atomic E-state index is 4.61. The van der Waals surface area contributed by atoms with Gasteiger partial charge in [-0.2, -0.15) is 5.10 Å². The molecule has 0 unspecified atom stereocenters. The zero-order valence-corrected chi connectivity index (χ0v) is 10.8. The smallest absolute Gasteiger partial charge is 0.0691 e. The van der Waals surface area contributed by atoms with Gasteiger partial charge in [0.05, 0.1) is 11.2 Å². The highest BCUT2D eigenvalue weighted by atomic mass is 15.3. The molecule has 0 bridgehead atoms. The van der Waals surface area contributed by atoms with Gasteiger partial charge in [-0.05, 0) is 38.3 Å². The fraction of sp³-hybridized carbons (Fsp3) is 0.500. The van der Waals surface area contributed by atoms with Crippen LogP contribution in [0.3, 0.4) is 0 Å². The molecule has 1 aromatic heterocycles. The maximum atomic E-state index is 4.61. The van der Waals surface area contributed by atoms with E-state index in [-0.39, 0.29) is 0 Å². The molecule has 0 aliphatic heterocycles. The molecule has 0 amide bonds. The van der Waals surface area contributed by atoms with Gasteiger partial charge in [0, 0.05) is 11.4 Å². The van der Waals surface area contributed by atoms with E-state index < -0.39 is 0 Å². The lowest BCUT2D eigenvalue weighted by atomic mass is 10.0. The van der Waals surface area contributed by atoms with E-state index in [1.54, 1.807) is 0 Å². The molecule has 1 aromatic carbocycles. The Hall–Kier alpha value is -1.31. The third-order valence-corrected chi connectivity index (χ3v) is 3.07. The summed E-state index contributed by atoms with van der Waals surface area (Å²) in [7, 11) is 0. The molecule has 0 spiro atoms. The number of aromatic nitrogens is 2. The van der Waals surface area contributed by atoms with Gasteiger partial charge in [-0.15, -0.1) is 0 Å². The molecule has 0 saturated heterocycles. The Morgan fingerprint density at radius 1 is 1.12 bits per heavy atom. The zero-order chi connectivity index (χ0) is 11.9. The van der Waals surface area contributed by atoms with Crippen LogP contribution in [0.4, 0.5) is 0 Å². The molecule has 0 radical (unpaired) electrons. The SMILES string of the molecule is Cc1nn(C(C)C)c2cc(C(C)C)ccc12. The highest BCUT2D eigenvalue weighted by Gasteiger charge is 2.11. The van der Waals surface area contributed by atoms with Crippen LogP contribution in [0.5, 0.6) is 0 Å². The Bertz CT molecular complexity index is 507. The molecule has 1 heterocycles. The fourth-order valence-corrected chi connectivity index (χ4v) is 2.07. The van der Waals surface area contributed by atoms with Crippen LogP contribution in [0, 0.1) is 6.92 Å². The summed E-state index contributed by atoms with van der Waals surface area (Å²) < 4.78 is 2.12. The minimum Gasteiger partial charge on any atom is -0.262 e. The third kappa shape index (κ3) is 1.73. The fourth-order valence-electron chi connectivity index (χ4n) is 2.07. The summed E-state index contributed by atoms with van der Waals surface area (Å²) in [5, 5.41) is 5.88. The Labute approximate surface area is 97.3 Å². The number of hydrogen-bond donors (Lipinski definition) is 0. The minimum absolute atomic E-state index is 0.415. The first-order chi connectivity index (χ1) is 7.50. The molecular weight excluding hydrogens is 196 g/mol. The molecule has 0 atom stereocenters. The lowest BCUT2D eigenvalue weighted by Gasteiger charge is -2.09. The molecule has 0 aliphatic rings. The van der Waals surface area contributed by atoms with Crippen molar-refractivity contribution in [2.24, 2.45) is 0 Å². The molecule has 2 heteroatoms. The van der Waals surface area contributed by atoms with E-state index in [1.807, 2.05) is 0 Å². The second-order valence-electron chi connectivity index (χ2n) is 5.06. The van der Waals surface area contributed by atoms with Crippen LogP contribution in [0.15, 0.2) is 18.2 Å². The molecule has 0 fully saturated rings. The van der Waals surface area contributed by atoms with Gasteiger partial charge in [0.2, 0.25) is 0 Å². The van der Waals surface area contributed by atoms with Gasteiger partial charge in [0.25, 0.3) is 0 Å². The van der Waals surface area contributed by atoms with Crippen molar-refractivity contribution in [3.05, 3.63) is 29.5 Å². The molecule has 16 heavy (non-hydrogen) atoms. The van der Waals surface area contributed by atoms with Crippen LogP contribution in [0.25, 0.3) is 10.9 Å². The highest BCUT2D eigenvalue weighted by molar-refractivity contribution is 5.82. The Morgan fingerprint density at radius 2 is 1.81 bits per heavy atom. The van der Waals surface area contributed by atoms with Gasteiger partial charge in [-0.3, -0.25) is 4.68 Å². The van der Waals surface area contributed by atoms with Crippen molar-refractivity contribution in [3.8, 4) is 0 Å². The third-order valence-electron chi connectivity index (χ3n) is 3.07. The molecular formula is C14H20N2. The molecule has 2 rings (SSSR count). The van der Waals surface area contributed by atoms with Crippen molar-refractivity contribution in [2.45, 2.75) is 46.6 Å². The zero-order valence-electron chi connectivity index (χ0n) is 10.8. The number of hydrogen-bond acceptors (Lipinski definition) is 1. The van der Waals surface area contributed by atoms with E-state index in [0.29, 0.717) is 12.0 Å².